The molecule has 1 saturated heterocycles. The highest BCUT2D eigenvalue weighted by molar-refractivity contribution is 5.92. The highest BCUT2D eigenvalue weighted by Gasteiger charge is 2.28. The number of hydrogen-bond acceptors (Lipinski definition) is 5. The molecular formula is C19H23N7O. The second-order valence-electron chi connectivity index (χ2n) is 7.56. The van der Waals surface area contributed by atoms with E-state index in [9.17, 15) is 4.79 Å². The Morgan fingerprint density at radius 1 is 1.22 bits per heavy atom. The monoisotopic (exact) mass is 365 g/mol. The average molecular weight is 365 g/mol. The minimum absolute atomic E-state index is 0.0844. The van der Waals surface area contributed by atoms with E-state index in [4.69, 9.17) is 5.10 Å². The maximum absolute atomic E-state index is 12.4. The van der Waals surface area contributed by atoms with E-state index in [1.165, 1.54) is 18.5 Å². The summed E-state index contributed by atoms with van der Waals surface area (Å²) in [6.07, 6.45) is 9.95. The van der Waals surface area contributed by atoms with Gasteiger partial charge in [0.1, 0.15) is 11.2 Å². The Morgan fingerprint density at radius 2 is 2.11 bits per heavy atom. The van der Waals surface area contributed by atoms with Crippen LogP contribution in [0, 0.1) is 0 Å². The smallest absolute Gasteiger partial charge is 0.272 e. The Hall–Kier alpha value is -2.90. The van der Waals surface area contributed by atoms with Crippen molar-refractivity contribution in [3.8, 4) is 0 Å². The molecule has 2 fully saturated rings. The van der Waals surface area contributed by atoms with Crippen molar-refractivity contribution in [3.05, 3.63) is 42.1 Å². The zero-order valence-electron chi connectivity index (χ0n) is 15.4. The van der Waals surface area contributed by atoms with Gasteiger partial charge in [0.15, 0.2) is 5.82 Å². The first kappa shape index (κ1) is 16.3. The highest BCUT2D eigenvalue weighted by Crippen LogP contribution is 2.40. The minimum atomic E-state index is -0.117. The van der Waals surface area contributed by atoms with Crippen LogP contribution in [0.1, 0.15) is 47.8 Å². The summed E-state index contributed by atoms with van der Waals surface area (Å²) < 4.78 is 3.58. The quantitative estimate of drug-likeness (QED) is 0.762. The molecule has 1 atom stereocenters. The lowest BCUT2D eigenvalue weighted by Crippen LogP contribution is -2.48. The zero-order chi connectivity index (χ0) is 18.4. The molecule has 0 radical (unpaired) electrons. The molecule has 0 aromatic carbocycles. The Bertz CT molecular complexity index is 987. The number of carbonyl (C=O) groups is 1. The van der Waals surface area contributed by atoms with Gasteiger partial charge in [-0.2, -0.15) is 10.2 Å². The minimum Gasteiger partial charge on any atom is -0.353 e. The highest BCUT2D eigenvalue weighted by atomic mass is 16.2. The maximum Gasteiger partial charge on any atom is 0.272 e. The summed E-state index contributed by atoms with van der Waals surface area (Å²) >= 11 is 0. The summed E-state index contributed by atoms with van der Waals surface area (Å²) in [5.74, 6) is 1.45. The van der Waals surface area contributed by atoms with Crippen molar-refractivity contribution in [1.29, 1.82) is 0 Å². The van der Waals surface area contributed by atoms with Crippen LogP contribution in [-0.4, -0.2) is 49.4 Å². The van der Waals surface area contributed by atoms with Crippen LogP contribution in [0.2, 0.25) is 0 Å². The van der Waals surface area contributed by atoms with Crippen LogP contribution in [0.3, 0.4) is 0 Å². The van der Waals surface area contributed by atoms with E-state index in [0.29, 0.717) is 11.6 Å². The first-order valence-corrected chi connectivity index (χ1v) is 9.57. The lowest BCUT2D eigenvalue weighted by atomic mass is 10.1. The van der Waals surface area contributed by atoms with E-state index in [1.807, 2.05) is 24.0 Å². The Morgan fingerprint density at radius 3 is 2.89 bits per heavy atom. The summed E-state index contributed by atoms with van der Waals surface area (Å²) in [6, 6.07) is 4.00. The summed E-state index contributed by atoms with van der Waals surface area (Å²) in [7, 11) is 1.81. The van der Waals surface area contributed by atoms with Crippen molar-refractivity contribution >= 4 is 17.2 Å². The average Bonchev–Trinajstić information content (AvgIpc) is 3.28. The molecule has 4 heterocycles. The van der Waals surface area contributed by atoms with E-state index in [-0.39, 0.29) is 11.9 Å². The van der Waals surface area contributed by atoms with Crippen molar-refractivity contribution in [3.63, 3.8) is 0 Å². The van der Waals surface area contributed by atoms with Crippen LogP contribution in [0.25, 0.3) is 5.52 Å². The van der Waals surface area contributed by atoms with E-state index >= 15 is 0 Å². The van der Waals surface area contributed by atoms with Crippen molar-refractivity contribution in [1.82, 2.24) is 29.7 Å². The summed E-state index contributed by atoms with van der Waals surface area (Å²) in [6.45, 7) is 1.68. The topological polar surface area (TPSA) is 80.4 Å². The van der Waals surface area contributed by atoms with Gasteiger partial charge >= 0.3 is 0 Å². The SMILES string of the molecule is Cn1ccc(C(=O)NC2CCCN(c3nccn4nc(C5CC5)cc34)C2)n1. The van der Waals surface area contributed by atoms with Gasteiger partial charge in [-0.15, -0.1) is 0 Å². The number of hydrogen-bond donors (Lipinski definition) is 1. The lowest BCUT2D eigenvalue weighted by molar-refractivity contribution is 0.0927. The number of fused-ring (bicyclic) bond motifs is 1. The van der Waals surface area contributed by atoms with Crippen molar-refractivity contribution in [2.75, 3.05) is 18.0 Å². The molecule has 8 nitrogen and oxygen atoms in total. The largest absolute Gasteiger partial charge is 0.353 e. The molecule has 1 N–H and O–H groups in total. The molecule has 3 aromatic rings. The molecule has 0 spiro atoms. The fourth-order valence-electron chi connectivity index (χ4n) is 3.83. The van der Waals surface area contributed by atoms with Crippen LogP contribution in [0.15, 0.2) is 30.7 Å². The number of nitrogens with one attached hydrogen (secondary N) is 1. The lowest BCUT2D eigenvalue weighted by Gasteiger charge is -2.34. The molecule has 1 aliphatic carbocycles. The predicted octanol–water partition coefficient (Wildman–Crippen LogP) is 1.74. The van der Waals surface area contributed by atoms with Gasteiger partial charge in [0.2, 0.25) is 0 Å². The molecule has 2 aliphatic rings. The van der Waals surface area contributed by atoms with E-state index in [2.05, 4.69) is 26.4 Å². The Balaban J connectivity index is 1.35. The number of carbonyl (C=O) groups excluding carboxylic acids is 1. The third-order valence-corrected chi connectivity index (χ3v) is 5.39. The number of rotatable bonds is 4. The van der Waals surface area contributed by atoms with Gasteiger partial charge in [-0.25, -0.2) is 9.50 Å². The summed E-state index contributed by atoms with van der Waals surface area (Å²) in [5.41, 5.74) is 2.68. The van der Waals surface area contributed by atoms with Crippen LogP contribution >= 0.6 is 0 Å². The van der Waals surface area contributed by atoms with Gasteiger partial charge in [0.25, 0.3) is 5.91 Å². The molecule has 27 heavy (non-hydrogen) atoms. The molecule has 1 aliphatic heterocycles. The van der Waals surface area contributed by atoms with Crippen LogP contribution in [0.5, 0.6) is 0 Å². The third-order valence-electron chi connectivity index (χ3n) is 5.39. The number of amides is 1. The summed E-state index contributed by atoms with van der Waals surface area (Å²) in [5, 5.41) is 12.0. The van der Waals surface area contributed by atoms with Crippen LogP contribution in [0.4, 0.5) is 5.82 Å². The van der Waals surface area contributed by atoms with E-state index in [1.54, 1.807) is 16.9 Å². The molecule has 1 saturated carbocycles. The first-order chi connectivity index (χ1) is 13.2. The molecule has 0 bridgehead atoms. The van der Waals surface area contributed by atoms with Crippen LogP contribution < -0.4 is 10.2 Å². The molecule has 1 amide bonds. The predicted molar refractivity (Wildman–Crippen MR) is 101 cm³/mol. The molecular weight excluding hydrogens is 342 g/mol. The standard InChI is InChI=1S/C19H23N7O/c1-24-9-6-15(22-24)19(27)21-14-3-2-8-25(12-14)18-17-11-16(13-4-5-13)23-26(17)10-7-20-18/h6-7,9-11,13-14H,2-5,8,12H2,1H3,(H,21,27). The molecule has 3 aromatic heterocycles. The zero-order valence-corrected chi connectivity index (χ0v) is 15.4. The Labute approximate surface area is 157 Å². The maximum atomic E-state index is 12.4. The van der Waals surface area contributed by atoms with E-state index in [0.717, 1.165) is 37.3 Å². The van der Waals surface area contributed by atoms with Gasteiger partial charge in [0, 0.05) is 50.7 Å². The van der Waals surface area contributed by atoms with Gasteiger partial charge in [0.05, 0.1) is 5.69 Å². The third kappa shape index (κ3) is 3.15. The number of anilines is 1. The molecule has 140 valence electrons. The number of nitrogens with zero attached hydrogens (tertiary/aromatic N) is 6. The van der Waals surface area contributed by atoms with E-state index < -0.39 is 0 Å². The number of aryl methyl sites for hydroxylation is 1. The normalized spacial score (nSPS) is 20.2. The molecule has 8 heteroatoms. The van der Waals surface area contributed by atoms with Gasteiger partial charge in [-0.05, 0) is 37.8 Å². The van der Waals surface area contributed by atoms with Crippen molar-refractivity contribution in [2.24, 2.45) is 7.05 Å². The van der Waals surface area contributed by atoms with Crippen molar-refractivity contribution in [2.45, 2.75) is 37.6 Å². The van der Waals surface area contributed by atoms with Gasteiger partial charge in [-0.3, -0.25) is 9.48 Å². The fourth-order valence-corrected chi connectivity index (χ4v) is 3.83. The second kappa shape index (κ2) is 6.37. The van der Waals surface area contributed by atoms with Crippen molar-refractivity contribution < 1.29 is 4.79 Å². The molecule has 5 rings (SSSR count). The Kier molecular flexibility index (Phi) is 3.84. The number of aromatic nitrogens is 5. The summed E-state index contributed by atoms with van der Waals surface area (Å²) in [4.78, 5) is 19.3. The number of piperidine rings is 1. The first-order valence-electron chi connectivity index (χ1n) is 9.57. The molecule has 1 unspecified atom stereocenters. The van der Waals surface area contributed by atoms with Crippen LogP contribution in [-0.2, 0) is 7.05 Å². The van der Waals surface area contributed by atoms with Gasteiger partial charge in [-0.1, -0.05) is 0 Å². The second-order valence-corrected chi connectivity index (χ2v) is 7.56. The van der Waals surface area contributed by atoms with Gasteiger partial charge < -0.3 is 10.2 Å². The fraction of sp³-hybridized carbons (Fsp3) is 0.474.